The van der Waals surface area contributed by atoms with Gasteiger partial charge in [0.15, 0.2) is 5.75 Å². The van der Waals surface area contributed by atoms with Crippen LogP contribution >= 0.6 is 11.6 Å². The minimum Gasteiger partial charge on any atom is -0.505 e. The zero-order chi connectivity index (χ0) is 12.7. The zero-order valence-electron chi connectivity index (χ0n) is 9.31. The quantitative estimate of drug-likeness (QED) is 0.628. The summed E-state index contributed by atoms with van der Waals surface area (Å²) in [6.45, 7) is 0. The Morgan fingerprint density at radius 3 is 2.78 bits per heavy atom. The Kier molecular flexibility index (Phi) is 2.38. The van der Waals surface area contributed by atoms with Crippen molar-refractivity contribution in [1.29, 1.82) is 0 Å². The summed E-state index contributed by atoms with van der Waals surface area (Å²) >= 11 is 5.91. The predicted molar refractivity (Wildman–Crippen MR) is 72.6 cm³/mol. The summed E-state index contributed by atoms with van der Waals surface area (Å²) in [5.41, 5.74) is 8.13. The third-order valence-electron chi connectivity index (χ3n) is 2.78. The molecular weight excluding hydrogens is 250 g/mol. The number of aromatic hydroxyl groups is 1. The fraction of sp³-hybridized carbons (Fsp3) is 0. The van der Waals surface area contributed by atoms with Gasteiger partial charge in [0.1, 0.15) is 5.69 Å². The van der Waals surface area contributed by atoms with E-state index in [-0.39, 0.29) is 5.75 Å². The highest BCUT2D eigenvalue weighted by Gasteiger charge is 2.13. The van der Waals surface area contributed by atoms with Crippen molar-refractivity contribution < 1.29 is 5.11 Å². The van der Waals surface area contributed by atoms with Crippen molar-refractivity contribution in [3.63, 3.8) is 0 Å². The van der Waals surface area contributed by atoms with Gasteiger partial charge in [0.2, 0.25) is 0 Å². The maximum absolute atomic E-state index is 10.2. The molecule has 18 heavy (non-hydrogen) atoms. The molecule has 90 valence electrons. The minimum absolute atomic E-state index is 0.166. The molecule has 1 aromatic carbocycles. The van der Waals surface area contributed by atoms with Crippen molar-refractivity contribution in [3.8, 4) is 17.1 Å². The second-order valence-electron chi connectivity index (χ2n) is 4.02. The topological polar surface area (TPSA) is 74.9 Å². The summed E-state index contributed by atoms with van der Waals surface area (Å²) in [5, 5.41) is 11.5. The molecule has 0 fully saturated rings. The van der Waals surface area contributed by atoms with Crippen LogP contribution in [0.3, 0.4) is 0 Å². The van der Waals surface area contributed by atoms with Gasteiger partial charge in [-0.15, -0.1) is 0 Å². The fourth-order valence-electron chi connectivity index (χ4n) is 1.89. The van der Waals surface area contributed by atoms with Crippen molar-refractivity contribution in [1.82, 2.24) is 9.97 Å². The second kappa shape index (κ2) is 3.92. The van der Waals surface area contributed by atoms with E-state index in [1.165, 1.54) is 0 Å². The van der Waals surface area contributed by atoms with E-state index in [1.807, 2.05) is 0 Å². The number of hydrogen-bond donors (Lipinski definition) is 3. The molecule has 0 saturated carbocycles. The molecule has 3 aromatic rings. The maximum atomic E-state index is 10.2. The van der Waals surface area contributed by atoms with E-state index in [2.05, 4.69) is 9.97 Å². The van der Waals surface area contributed by atoms with E-state index in [1.54, 1.807) is 36.5 Å². The zero-order valence-corrected chi connectivity index (χ0v) is 10.1. The van der Waals surface area contributed by atoms with Crippen LogP contribution in [0.1, 0.15) is 0 Å². The molecule has 2 aromatic heterocycles. The monoisotopic (exact) mass is 259 g/mol. The van der Waals surface area contributed by atoms with Crippen molar-refractivity contribution in [2.75, 3.05) is 5.73 Å². The Morgan fingerprint density at radius 2 is 2.06 bits per heavy atom. The molecule has 3 rings (SSSR count). The lowest BCUT2D eigenvalue weighted by molar-refractivity contribution is 0.483. The summed E-state index contributed by atoms with van der Waals surface area (Å²) in [6.07, 6.45) is 1.55. The molecule has 2 heterocycles. The Labute approximate surface area is 108 Å². The number of H-pyrrole nitrogens is 1. The van der Waals surface area contributed by atoms with Crippen LogP contribution in [-0.4, -0.2) is 15.1 Å². The lowest BCUT2D eigenvalue weighted by Gasteiger charge is -1.98. The molecular formula is C13H10ClN3O. The summed E-state index contributed by atoms with van der Waals surface area (Å²) in [7, 11) is 0. The van der Waals surface area contributed by atoms with Crippen LogP contribution in [0.5, 0.6) is 5.75 Å². The number of fused-ring (bicyclic) bond motifs is 1. The summed E-state index contributed by atoms with van der Waals surface area (Å²) in [5.74, 6) is 0.166. The third-order valence-corrected chi connectivity index (χ3v) is 3.01. The van der Waals surface area contributed by atoms with E-state index < -0.39 is 0 Å². The Bertz CT molecular complexity index is 719. The van der Waals surface area contributed by atoms with Crippen LogP contribution in [0, 0.1) is 0 Å². The van der Waals surface area contributed by atoms with Crippen LogP contribution in [0.25, 0.3) is 22.3 Å². The van der Waals surface area contributed by atoms with Crippen molar-refractivity contribution in [2.45, 2.75) is 0 Å². The Balaban J connectivity index is 2.23. The Hall–Kier alpha value is -2.20. The highest BCUT2D eigenvalue weighted by atomic mass is 35.5. The molecule has 0 bridgehead atoms. The normalized spacial score (nSPS) is 10.9. The van der Waals surface area contributed by atoms with Crippen LogP contribution < -0.4 is 5.73 Å². The molecule has 5 heteroatoms. The number of halogens is 1. The van der Waals surface area contributed by atoms with Crippen LogP contribution in [0.4, 0.5) is 5.69 Å². The van der Waals surface area contributed by atoms with Gasteiger partial charge < -0.3 is 15.8 Å². The molecule has 4 nitrogen and oxygen atoms in total. The maximum Gasteiger partial charge on any atom is 0.150 e. The lowest BCUT2D eigenvalue weighted by atomic mass is 10.2. The molecule has 0 radical (unpaired) electrons. The molecule has 0 amide bonds. The molecule has 0 spiro atoms. The van der Waals surface area contributed by atoms with Gasteiger partial charge in [-0.2, -0.15) is 0 Å². The van der Waals surface area contributed by atoms with Crippen molar-refractivity contribution in [2.24, 2.45) is 0 Å². The number of nitrogens with two attached hydrogens (primary N) is 1. The summed E-state index contributed by atoms with van der Waals surface area (Å²) < 4.78 is 0. The highest BCUT2D eigenvalue weighted by molar-refractivity contribution is 6.31. The van der Waals surface area contributed by atoms with Crippen molar-refractivity contribution in [3.05, 3.63) is 41.6 Å². The molecule has 0 atom stereocenters. The minimum atomic E-state index is 0.166. The number of rotatable bonds is 1. The predicted octanol–water partition coefficient (Wildman–Crippen LogP) is 3.17. The van der Waals surface area contributed by atoms with E-state index >= 15 is 0 Å². The van der Waals surface area contributed by atoms with Gasteiger partial charge in [0.05, 0.1) is 23.1 Å². The molecule has 0 aliphatic rings. The fourth-order valence-corrected chi connectivity index (χ4v) is 2.07. The first kappa shape index (κ1) is 10.9. The van der Waals surface area contributed by atoms with Crippen LogP contribution in [0.15, 0.2) is 36.5 Å². The molecule has 0 unspecified atom stereocenters. The van der Waals surface area contributed by atoms with Gasteiger partial charge in [0, 0.05) is 10.4 Å². The number of pyridine rings is 1. The summed E-state index contributed by atoms with van der Waals surface area (Å²) in [6, 6.07) is 8.75. The second-order valence-corrected chi connectivity index (χ2v) is 4.45. The van der Waals surface area contributed by atoms with E-state index in [9.17, 15) is 5.11 Å². The van der Waals surface area contributed by atoms with Gasteiger partial charge >= 0.3 is 0 Å². The SMILES string of the molecule is Nc1ccc(-c2[nH]c3cc(Cl)ccc3c2O)nc1. The van der Waals surface area contributed by atoms with E-state index in [4.69, 9.17) is 17.3 Å². The smallest absolute Gasteiger partial charge is 0.150 e. The average molecular weight is 260 g/mol. The number of hydrogen-bond acceptors (Lipinski definition) is 3. The van der Waals surface area contributed by atoms with Crippen LogP contribution in [0.2, 0.25) is 5.02 Å². The largest absolute Gasteiger partial charge is 0.505 e. The molecule has 0 aliphatic carbocycles. The average Bonchev–Trinajstić information content (AvgIpc) is 2.67. The van der Waals surface area contributed by atoms with Crippen LogP contribution in [-0.2, 0) is 0 Å². The summed E-state index contributed by atoms with van der Waals surface area (Å²) in [4.78, 5) is 7.28. The van der Waals surface area contributed by atoms with Gasteiger partial charge in [0.25, 0.3) is 0 Å². The number of aromatic nitrogens is 2. The first-order valence-electron chi connectivity index (χ1n) is 5.37. The molecule has 0 saturated heterocycles. The molecule has 0 aliphatic heterocycles. The van der Waals surface area contributed by atoms with Gasteiger partial charge in [-0.05, 0) is 30.3 Å². The van der Waals surface area contributed by atoms with Gasteiger partial charge in [-0.25, -0.2) is 0 Å². The first-order chi connectivity index (χ1) is 8.65. The number of anilines is 1. The van der Waals surface area contributed by atoms with Gasteiger partial charge in [-0.1, -0.05) is 11.6 Å². The third kappa shape index (κ3) is 1.67. The highest BCUT2D eigenvalue weighted by Crippen LogP contribution is 2.36. The Morgan fingerprint density at radius 1 is 1.22 bits per heavy atom. The van der Waals surface area contributed by atoms with E-state index in [0.717, 1.165) is 5.52 Å². The van der Waals surface area contributed by atoms with Gasteiger partial charge in [-0.3, -0.25) is 4.98 Å². The lowest BCUT2D eigenvalue weighted by Crippen LogP contribution is -1.88. The standard InChI is InChI=1S/C13H10ClN3O/c14-7-1-3-9-11(5-7)17-12(13(9)18)10-4-2-8(15)6-16-10/h1-6,17-18H,15H2. The first-order valence-corrected chi connectivity index (χ1v) is 5.75. The number of aromatic amines is 1. The number of nitrogens with one attached hydrogen (secondary N) is 1. The number of nitrogen functional groups attached to an aromatic ring is 1. The number of benzene rings is 1. The van der Waals surface area contributed by atoms with Crippen molar-refractivity contribution >= 4 is 28.2 Å². The molecule has 4 N–H and O–H groups in total. The number of nitrogens with zero attached hydrogens (tertiary/aromatic N) is 1. The van der Waals surface area contributed by atoms with E-state index in [0.29, 0.717) is 27.5 Å².